The maximum Gasteiger partial charge on any atom is 0.0939 e. The van der Waals surface area contributed by atoms with E-state index in [1.54, 1.807) is 7.11 Å². The molecule has 0 bridgehead atoms. The molecule has 2 nitrogen and oxygen atoms in total. The van der Waals surface area contributed by atoms with Crippen LogP contribution in [-0.2, 0) is 11.2 Å². The van der Waals surface area contributed by atoms with Crippen LogP contribution in [0.2, 0.25) is 0 Å². The van der Waals surface area contributed by atoms with Crippen LogP contribution in [0.5, 0.6) is 0 Å². The Hall–Kier alpha value is -0.860. The van der Waals surface area contributed by atoms with Crippen LogP contribution in [0.4, 0.5) is 0 Å². The summed E-state index contributed by atoms with van der Waals surface area (Å²) in [7, 11) is 1.74. The number of benzene rings is 1. The Morgan fingerprint density at radius 2 is 1.89 bits per heavy atom. The summed E-state index contributed by atoms with van der Waals surface area (Å²) in [6.45, 7) is 2.28. The molecule has 0 radical (unpaired) electrons. The minimum Gasteiger partial charge on any atom is -0.390 e. The van der Waals surface area contributed by atoms with Crippen LogP contribution >= 0.6 is 0 Å². The van der Waals surface area contributed by atoms with Crippen LogP contribution in [0.3, 0.4) is 0 Å². The molecule has 1 fully saturated rings. The molecule has 0 heterocycles. The molecule has 0 aromatic heterocycles. The van der Waals surface area contributed by atoms with Gasteiger partial charge in [0.1, 0.15) is 0 Å². The van der Waals surface area contributed by atoms with Gasteiger partial charge >= 0.3 is 0 Å². The van der Waals surface area contributed by atoms with E-state index in [0.29, 0.717) is 6.42 Å². The largest absolute Gasteiger partial charge is 0.390 e. The summed E-state index contributed by atoms with van der Waals surface area (Å²) in [6, 6.07) is 10.2. The molecule has 18 heavy (non-hydrogen) atoms. The van der Waals surface area contributed by atoms with Crippen molar-refractivity contribution in [3.63, 3.8) is 0 Å². The van der Waals surface area contributed by atoms with E-state index >= 15 is 0 Å². The second-order valence-electron chi connectivity index (χ2n) is 5.66. The number of ether oxygens (including phenoxy) is 1. The number of hydrogen-bond donors (Lipinski definition) is 1. The molecule has 1 aliphatic rings. The lowest BCUT2D eigenvalue weighted by Gasteiger charge is -2.41. The molecule has 0 spiro atoms. The van der Waals surface area contributed by atoms with Crippen LogP contribution in [0.1, 0.15) is 38.2 Å². The highest BCUT2D eigenvalue weighted by atomic mass is 16.5. The van der Waals surface area contributed by atoms with Crippen molar-refractivity contribution in [2.75, 3.05) is 7.11 Å². The van der Waals surface area contributed by atoms with E-state index in [0.717, 1.165) is 31.6 Å². The molecule has 0 aliphatic heterocycles. The lowest BCUT2D eigenvalue weighted by molar-refractivity contribution is -0.127. The minimum atomic E-state index is -0.405. The van der Waals surface area contributed by atoms with Gasteiger partial charge in [0.05, 0.1) is 11.7 Å². The molecule has 2 rings (SSSR count). The van der Waals surface area contributed by atoms with E-state index < -0.39 is 6.10 Å². The Kier molecular flexibility index (Phi) is 4.41. The summed E-state index contributed by atoms with van der Waals surface area (Å²) in [5.74, 6) is 0.761. The molecule has 0 saturated heterocycles. The lowest BCUT2D eigenvalue weighted by atomic mass is 9.75. The Morgan fingerprint density at radius 3 is 2.44 bits per heavy atom. The van der Waals surface area contributed by atoms with Crippen molar-refractivity contribution < 1.29 is 9.84 Å². The zero-order chi connectivity index (χ0) is 13.0. The van der Waals surface area contributed by atoms with Crippen LogP contribution < -0.4 is 0 Å². The molecule has 100 valence electrons. The van der Waals surface area contributed by atoms with Gasteiger partial charge < -0.3 is 9.84 Å². The van der Waals surface area contributed by atoms with Gasteiger partial charge in [0, 0.05) is 13.5 Å². The lowest BCUT2D eigenvalue weighted by Crippen LogP contribution is -2.47. The van der Waals surface area contributed by atoms with E-state index in [9.17, 15) is 5.11 Å². The van der Waals surface area contributed by atoms with Gasteiger partial charge in [0.25, 0.3) is 0 Å². The summed E-state index contributed by atoms with van der Waals surface area (Å²) in [5, 5.41) is 10.5. The molecule has 1 unspecified atom stereocenters. The van der Waals surface area contributed by atoms with Gasteiger partial charge in [-0.1, -0.05) is 37.3 Å². The van der Waals surface area contributed by atoms with Crippen LogP contribution in [-0.4, -0.2) is 23.9 Å². The first-order chi connectivity index (χ1) is 8.66. The van der Waals surface area contributed by atoms with Crippen LogP contribution in [0.15, 0.2) is 30.3 Å². The van der Waals surface area contributed by atoms with E-state index in [4.69, 9.17) is 4.74 Å². The molecule has 1 atom stereocenters. The second kappa shape index (κ2) is 5.85. The molecule has 1 N–H and O–H groups in total. The van der Waals surface area contributed by atoms with Gasteiger partial charge in [-0.05, 0) is 37.2 Å². The minimum absolute atomic E-state index is 0.331. The highest BCUT2D eigenvalue weighted by molar-refractivity contribution is 5.16. The van der Waals surface area contributed by atoms with Crippen molar-refractivity contribution in [2.24, 2.45) is 5.92 Å². The van der Waals surface area contributed by atoms with Gasteiger partial charge in [-0.25, -0.2) is 0 Å². The first kappa shape index (κ1) is 13.6. The fourth-order valence-electron chi connectivity index (χ4n) is 2.95. The number of methoxy groups -OCH3 is 1. The van der Waals surface area contributed by atoms with Crippen molar-refractivity contribution in [2.45, 2.75) is 50.7 Å². The van der Waals surface area contributed by atoms with E-state index in [2.05, 4.69) is 19.1 Å². The van der Waals surface area contributed by atoms with Crippen LogP contribution in [0, 0.1) is 5.92 Å². The third kappa shape index (κ3) is 2.93. The molecular formula is C16H24O2. The Labute approximate surface area is 110 Å². The van der Waals surface area contributed by atoms with Gasteiger partial charge in [-0.15, -0.1) is 0 Å². The fraction of sp³-hybridized carbons (Fsp3) is 0.625. The average Bonchev–Trinajstić information content (AvgIpc) is 2.41. The summed E-state index contributed by atoms with van der Waals surface area (Å²) in [6.07, 6.45) is 4.53. The van der Waals surface area contributed by atoms with E-state index in [1.165, 1.54) is 5.56 Å². The molecule has 1 saturated carbocycles. The number of aliphatic hydroxyl groups is 1. The van der Waals surface area contributed by atoms with Crippen molar-refractivity contribution in [3.05, 3.63) is 35.9 Å². The fourth-order valence-corrected chi connectivity index (χ4v) is 2.95. The van der Waals surface area contributed by atoms with Crippen molar-refractivity contribution in [1.82, 2.24) is 0 Å². The Morgan fingerprint density at radius 1 is 1.28 bits per heavy atom. The zero-order valence-electron chi connectivity index (χ0n) is 11.4. The van der Waals surface area contributed by atoms with Gasteiger partial charge in [0.2, 0.25) is 0 Å². The monoisotopic (exact) mass is 248 g/mol. The predicted octanol–water partition coefficient (Wildman–Crippen LogP) is 3.19. The van der Waals surface area contributed by atoms with E-state index in [-0.39, 0.29) is 5.60 Å². The molecule has 0 amide bonds. The summed E-state index contributed by atoms with van der Waals surface area (Å²) >= 11 is 0. The van der Waals surface area contributed by atoms with Crippen molar-refractivity contribution >= 4 is 0 Å². The highest BCUT2D eigenvalue weighted by Crippen LogP contribution is 2.37. The average molecular weight is 248 g/mol. The molecule has 1 aromatic carbocycles. The number of hydrogen-bond acceptors (Lipinski definition) is 2. The molecule has 1 aliphatic carbocycles. The quantitative estimate of drug-likeness (QED) is 0.886. The van der Waals surface area contributed by atoms with Gasteiger partial charge in [0.15, 0.2) is 0 Å². The molecular weight excluding hydrogens is 224 g/mol. The number of aliphatic hydroxyl groups excluding tert-OH is 1. The van der Waals surface area contributed by atoms with Gasteiger partial charge in [-0.3, -0.25) is 0 Å². The number of rotatable bonds is 4. The van der Waals surface area contributed by atoms with Crippen molar-refractivity contribution in [1.29, 1.82) is 0 Å². The van der Waals surface area contributed by atoms with Crippen molar-refractivity contribution in [3.8, 4) is 0 Å². The first-order valence-electron chi connectivity index (χ1n) is 6.93. The highest BCUT2D eigenvalue weighted by Gasteiger charge is 2.40. The second-order valence-corrected chi connectivity index (χ2v) is 5.66. The standard InChI is InChI=1S/C16H24O2/c1-13-8-10-16(18-2,11-9-13)15(17)12-14-6-4-3-5-7-14/h3-7,13,15,17H,8-12H2,1-2H3. The smallest absolute Gasteiger partial charge is 0.0939 e. The van der Waals surface area contributed by atoms with Crippen LogP contribution in [0.25, 0.3) is 0 Å². The third-order valence-electron chi connectivity index (χ3n) is 4.41. The SMILES string of the molecule is COC1(C(O)Cc2ccccc2)CCC(C)CC1. The normalized spacial score (nSPS) is 30.1. The predicted molar refractivity (Wildman–Crippen MR) is 73.5 cm³/mol. The summed E-state index contributed by atoms with van der Waals surface area (Å²) in [4.78, 5) is 0. The zero-order valence-corrected chi connectivity index (χ0v) is 11.4. The molecule has 1 aromatic rings. The summed E-state index contributed by atoms with van der Waals surface area (Å²) < 4.78 is 5.71. The first-order valence-corrected chi connectivity index (χ1v) is 6.93. The Bertz CT molecular complexity index is 353. The Balaban J connectivity index is 2.03. The third-order valence-corrected chi connectivity index (χ3v) is 4.41. The summed E-state index contributed by atoms with van der Waals surface area (Å²) in [5.41, 5.74) is 0.850. The molecule has 2 heteroatoms. The topological polar surface area (TPSA) is 29.5 Å². The maximum absolute atomic E-state index is 10.5. The maximum atomic E-state index is 10.5. The van der Waals surface area contributed by atoms with Gasteiger partial charge in [-0.2, -0.15) is 0 Å². The van der Waals surface area contributed by atoms with E-state index in [1.807, 2.05) is 18.2 Å².